The lowest BCUT2D eigenvalue weighted by Crippen LogP contribution is -2.24. The number of benzene rings is 1. The van der Waals surface area contributed by atoms with Crippen LogP contribution in [0, 0.1) is 0 Å². The van der Waals surface area contributed by atoms with E-state index >= 15 is 0 Å². The number of halogens is 1. The number of aliphatic hydroxyl groups excluding tert-OH is 1. The summed E-state index contributed by atoms with van der Waals surface area (Å²) in [6, 6.07) is 4.90. The summed E-state index contributed by atoms with van der Waals surface area (Å²) in [6.07, 6.45) is -0.755. The van der Waals surface area contributed by atoms with Gasteiger partial charge >= 0.3 is 0 Å². The Bertz CT molecular complexity index is 331. The average molecular weight is 292 g/mol. The van der Waals surface area contributed by atoms with E-state index in [-0.39, 0.29) is 23.0 Å². The standard InChI is InChI=1S/C11H17NO3.BrH/c1-7(12)11(13)9-6-8(14-2)4-5-10(9)15-3;/h4-7,11,13H,12H2,1-3H3;1H. The van der Waals surface area contributed by atoms with Crippen LogP contribution in [-0.2, 0) is 0 Å². The first-order valence-electron chi connectivity index (χ1n) is 4.75. The molecule has 2 unspecified atom stereocenters. The molecular weight excluding hydrogens is 274 g/mol. The topological polar surface area (TPSA) is 64.7 Å². The molecule has 2 atom stereocenters. The summed E-state index contributed by atoms with van der Waals surface area (Å²) in [6.45, 7) is 1.74. The Morgan fingerprint density at radius 1 is 1.25 bits per heavy atom. The van der Waals surface area contributed by atoms with Crippen LogP contribution in [0.1, 0.15) is 18.6 Å². The van der Waals surface area contributed by atoms with Crippen molar-refractivity contribution in [3.05, 3.63) is 23.8 Å². The van der Waals surface area contributed by atoms with E-state index in [0.717, 1.165) is 0 Å². The van der Waals surface area contributed by atoms with Crippen LogP contribution in [-0.4, -0.2) is 25.4 Å². The first-order valence-corrected chi connectivity index (χ1v) is 4.75. The van der Waals surface area contributed by atoms with Gasteiger partial charge < -0.3 is 20.3 Å². The Hall–Kier alpha value is -0.780. The van der Waals surface area contributed by atoms with Gasteiger partial charge in [-0.1, -0.05) is 0 Å². The maximum Gasteiger partial charge on any atom is 0.124 e. The molecule has 0 saturated heterocycles. The van der Waals surface area contributed by atoms with Gasteiger partial charge in [-0.15, -0.1) is 17.0 Å². The minimum atomic E-state index is -0.755. The van der Waals surface area contributed by atoms with E-state index in [9.17, 15) is 5.11 Å². The first kappa shape index (κ1) is 15.2. The summed E-state index contributed by atoms with van der Waals surface area (Å²) in [7, 11) is 3.13. The molecule has 16 heavy (non-hydrogen) atoms. The minimum Gasteiger partial charge on any atom is -0.497 e. The zero-order chi connectivity index (χ0) is 11.4. The van der Waals surface area contributed by atoms with Gasteiger partial charge in [0.15, 0.2) is 0 Å². The molecule has 92 valence electrons. The van der Waals surface area contributed by atoms with E-state index in [2.05, 4.69) is 0 Å². The van der Waals surface area contributed by atoms with E-state index in [1.165, 1.54) is 0 Å². The molecule has 0 aliphatic rings. The van der Waals surface area contributed by atoms with Crippen LogP contribution in [0.5, 0.6) is 11.5 Å². The molecule has 0 amide bonds. The summed E-state index contributed by atoms with van der Waals surface area (Å²) in [5, 5.41) is 9.87. The number of rotatable bonds is 4. The van der Waals surface area contributed by atoms with Crippen molar-refractivity contribution in [3.63, 3.8) is 0 Å². The second kappa shape index (κ2) is 6.73. The molecule has 1 rings (SSSR count). The lowest BCUT2D eigenvalue weighted by Gasteiger charge is -2.18. The summed E-state index contributed by atoms with van der Waals surface area (Å²) < 4.78 is 10.2. The predicted molar refractivity (Wildman–Crippen MR) is 68.5 cm³/mol. The van der Waals surface area contributed by atoms with Gasteiger partial charge in [-0.3, -0.25) is 0 Å². The van der Waals surface area contributed by atoms with Gasteiger partial charge in [0, 0.05) is 11.6 Å². The lowest BCUT2D eigenvalue weighted by atomic mass is 10.0. The van der Waals surface area contributed by atoms with Crippen LogP contribution in [0.25, 0.3) is 0 Å². The van der Waals surface area contributed by atoms with Crippen molar-refractivity contribution in [2.45, 2.75) is 19.1 Å². The third kappa shape index (κ3) is 3.37. The number of ether oxygens (including phenoxy) is 2. The van der Waals surface area contributed by atoms with Crippen LogP contribution >= 0.6 is 17.0 Å². The van der Waals surface area contributed by atoms with Crippen molar-refractivity contribution >= 4 is 17.0 Å². The quantitative estimate of drug-likeness (QED) is 0.886. The zero-order valence-corrected chi connectivity index (χ0v) is 11.3. The number of hydrogen-bond donors (Lipinski definition) is 2. The molecule has 0 spiro atoms. The third-order valence-electron chi connectivity index (χ3n) is 2.25. The summed E-state index contributed by atoms with van der Waals surface area (Å²) in [5.74, 6) is 1.28. The van der Waals surface area contributed by atoms with E-state index in [4.69, 9.17) is 15.2 Å². The maximum absolute atomic E-state index is 9.87. The van der Waals surface area contributed by atoms with Crippen LogP contribution in [0.4, 0.5) is 0 Å². The van der Waals surface area contributed by atoms with Gasteiger partial charge in [-0.2, -0.15) is 0 Å². The highest BCUT2D eigenvalue weighted by Crippen LogP contribution is 2.30. The fourth-order valence-electron chi connectivity index (χ4n) is 1.35. The molecular formula is C11H18BrNO3. The van der Waals surface area contributed by atoms with E-state index in [1.807, 2.05) is 0 Å². The third-order valence-corrected chi connectivity index (χ3v) is 2.25. The number of hydrogen-bond acceptors (Lipinski definition) is 4. The Balaban J connectivity index is 0.00000225. The van der Waals surface area contributed by atoms with Crippen LogP contribution in [0.15, 0.2) is 18.2 Å². The highest BCUT2D eigenvalue weighted by molar-refractivity contribution is 8.93. The molecule has 1 aromatic rings. The molecule has 0 heterocycles. The molecule has 5 heteroatoms. The van der Waals surface area contributed by atoms with Crippen LogP contribution in [0.3, 0.4) is 0 Å². The second-order valence-corrected chi connectivity index (χ2v) is 3.41. The molecule has 4 nitrogen and oxygen atoms in total. The molecule has 0 aliphatic heterocycles. The SMILES string of the molecule is Br.COc1ccc(OC)c(C(O)C(C)N)c1. The Morgan fingerprint density at radius 2 is 1.88 bits per heavy atom. The Morgan fingerprint density at radius 3 is 2.31 bits per heavy atom. The lowest BCUT2D eigenvalue weighted by molar-refractivity contribution is 0.149. The highest BCUT2D eigenvalue weighted by Gasteiger charge is 2.17. The molecule has 0 saturated carbocycles. The van der Waals surface area contributed by atoms with E-state index < -0.39 is 6.10 Å². The van der Waals surface area contributed by atoms with Crippen molar-refractivity contribution in [1.29, 1.82) is 0 Å². The molecule has 1 aromatic carbocycles. The van der Waals surface area contributed by atoms with Crippen molar-refractivity contribution in [2.75, 3.05) is 14.2 Å². The van der Waals surface area contributed by atoms with Crippen molar-refractivity contribution in [2.24, 2.45) is 5.73 Å². The monoisotopic (exact) mass is 291 g/mol. The van der Waals surface area contributed by atoms with Gasteiger partial charge in [0.2, 0.25) is 0 Å². The molecule has 0 aromatic heterocycles. The number of aliphatic hydroxyl groups is 1. The Kier molecular flexibility index (Phi) is 6.40. The number of methoxy groups -OCH3 is 2. The number of nitrogens with two attached hydrogens (primary N) is 1. The Labute approximate surface area is 106 Å². The summed E-state index contributed by atoms with van der Waals surface area (Å²) >= 11 is 0. The largest absolute Gasteiger partial charge is 0.497 e. The molecule has 0 radical (unpaired) electrons. The highest BCUT2D eigenvalue weighted by atomic mass is 79.9. The summed E-state index contributed by atoms with van der Waals surface area (Å²) in [4.78, 5) is 0. The normalized spacial score (nSPS) is 13.6. The maximum atomic E-state index is 9.87. The van der Waals surface area contributed by atoms with Gasteiger partial charge in [0.25, 0.3) is 0 Å². The van der Waals surface area contributed by atoms with E-state index in [1.54, 1.807) is 39.3 Å². The van der Waals surface area contributed by atoms with Crippen molar-refractivity contribution in [3.8, 4) is 11.5 Å². The van der Waals surface area contributed by atoms with Gasteiger partial charge in [0.1, 0.15) is 11.5 Å². The first-order chi connectivity index (χ1) is 7.10. The van der Waals surface area contributed by atoms with Gasteiger partial charge in [-0.25, -0.2) is 0 Å². The molecule has 0 fully saturated rings. The predicted octanol–water partition coefficient (Wildman–Crippen LogP) is 1.66. The fraction of sp³-hybridized carbons (Fsp3) is 0.455. The van der Waals surface area contributed by atoms with Crippen molar-refractivity contribution < 1.29 is 14.6 Å². The van der Waals surface area contributed by atoms with Gasteiger partial charge in [-0.05, 0) is 25.1 Å². The van der Waals surface area contributed by atoms with Crippen LogP contribution < -0.4 is 15.2 Å². The molecule has 0 aliphatic carbocycles. The average Bonchev–Trinajstić information content (AvgIpc) is 2.27. The second-order valence-electron chi connectivity index (χ2n) is 3.41. The fourth-order valence-corrected chi connectivity index (χ4v) is 1.35. The molecule has 3 N–H and O–H groups in total. The van der Waals surface area contributed by atoms with Crippen LogP contribution in [0.2, 0.25) is 0 Å². The molecule has 0 bridgehead atoms. The van der Waals surface area contributed by atoms with Gasteiger partial charge in [0.05, 0.1) is 20.3 Å². The summed E-state index contributed by atoms with van der Waals surface area (Å²) in [5.41, 5.74) is 6.28. The minimum absolute atomic E-state index is 0. The van der Waals surface area contributed by atoms with E-state index in [0.29, 0.717) is 17.1 Å². The smallest absolute Gasteiger partial charge is 0.124 e. The van der Waals surface area contributed by atoms with Crippen molar-refractivity contribution in [1.82, 2.24) is 0 Å². The zero-order valence-electron chi connectivity index (χ0n) is 9.64.